The Labute approximate surface area is 144 Å². The Morgan fingerprint density at radius 3 is 1.00 bits per heavy atom. The minimum absolute atomic E-state index is 0.217. The summed E-state index contributed by atoms with van der Waals surface area (Å²) in [5, 5.41) is 0.940. The van der Waals surface area contributed by atoms with E-state index in [1.165, 1.54) is 0 Å². The maximum Gasteiger partial charge on any atom is 0.116 e. The molecule has 0 bridgehead atoms. The molecule has 0 aliphatic rings. The normalized spacial score (nSPS) is 10.1. The van der Waals surface area contributed by atoms with Crippen LogP contribution in [0.4, 0.5) is 45.5 Å². The molecule has 0 heterocycles. The first-order valence-corrected chi connectivity index (χ1v) is 6.82. The van der Waals surface area contributed by atoms with Gasteiger partial charge in [0.2, 0.25) is 0 Å². The Hall–Kier alpha value is -3.81. The maximum atomic E-state index is 6.18. The van der Waals surface area contributed by atoms with Gasteiger partial charge in [0.15, 0.2) is 0 Å². The molecule has 0 aromatic heterocycles. The molecule has 0 amide bonds. The summed E-state index contributed by atoms with van der Waals surface area (Å²) >= 11 is 0. The zero-order valence-corrected chi connectivity index (χ0v) is 13.7. The van der Waals surface area contributed by atoms with Crippen molar-refractivity contribution in [2.24, 2.45) is 34.9 Å². The van der Waals surface area contributed by atoms with Crippen molar-refractivity contribution in [3.8, 4) is 0 Å². The molecule has 2 rings (SSSR count). The van der Waals surface area contributed by atoms with Crippen molar-refractivity contribution in [3.63, 3.8) is 0 Å². The van der Waals surface area contributed by atoms with Crippen LogP contribution in [0.15, 0.2) is 34.9 Å². The molecule has 124 valence electrons. The van der Waals surface area contributed by atoms with Crippen LogP contribution in [-0.4, -0.2) is 47.0 Å². The first kappa shape index (κ1) is 17.5. The smallest absolute Gasteiger partial charge is 0.116 e. The third-order valence-corrected chi connectivity index (χ3v) is 3.71. The Morgan fingerprint density at radius 2 is 0.680 bits per heavy atom. The van der Waals surface area contributed by atoms with E-state index in [0.29, 0.717) is 50.6 Å². The number of hydrogen-bond donors (Lipinski definition) is 1. The monoisotopic (exact) mass is 332 g/mol. The van der Waals surface area contributed by atoms with Crippen molar-refractivity contribution in [2.45, 2.75) is 0 Å². The van der Waals surface area contributed by atoms with Gasteiger partial charge in [0, 0.05) is 10.8 Å². The number of aliphatic imine (C=N–C) groups is 7. The molecular weight excluding hydrogens is 316 g/mol. The van der Waals surface area contributed by atoms with Gasteiger partial charge in [-0.15, -0.1) is 0 Å². The van der Waals surface area contributed by atoms with Crippen LogP contribution in [-0.2, 0) is 0 Å². The van der Waals surface area contributed by atoms with E-state index in [4.69, 9.17) is 5.73 Å². The van der Waals surface area contributed by atoms with E-state index >= 15 is 0 Å². The van der Waals surface area contributed by atoms with Crippen LogP contribution < -0.4 is 5.73 Å². The fourth-order valence-electron chi connectivity index (χ4n) is 2.74. The van der Waals surface area contributed by atoms with Gasteiger partial charge < -0.3 is 5.73 Å². The summed E-state index contributed by atoms with van der Waals surface area (Å²) in [6.07, 6.45) is 0. The highest BCUT2D eigenvalue weighted by atomic mass is 14.9. The molecule has 0 unspecified atom stereocenters. The predicted molar refractivity (Wildman–Crippen MR) is 113 cm³/mol. The summed E-state index contributed by atoms with van der Waals surface area (Å²) in [4.78, 5) is 28.1. The highest BCUT2D eigenvalue weighted by molar-refractivity contribution is 6.25. The lowest BCUT2D eigenvalue weighted by atomic mass is 9.97. The Balaban J connectivity index is 3.49. The van der Waals surface area contributed by atoms with Crippen molar-refractivity contribution in [3.05, 3.63) is 0 Å². The summed E-state index contributed by atoms with van der Waals surface area (Å²) in [6, 6.07) is 0. The number of benzene rings is 2. The van der Waals surface area contributed by atoms with Gasteiger partial charge in [-0.2, -0.15) is 0 Å². The number of anilines is 1. The van der Waals surface area contributed by atoms with E-state index in [9.17, 15) is 0 Å². The fourth-order valence-corrected chi connectivity index (χ4v) is 2.74. The molecule has 8 heteroatoms. The number of nitrogen functional groups attached to an aromatic ring is 1. The van der Waals surface area contributed by atoms with Gasteiger partial charge in [-0.25, -0.2) is 0 Å². The molecule has 0 saturated carbocycles. The average Bonchev–Trinajstić information content (AvgIpc) is 2.64. The largest absolute Gasteiger partial charge is 0.395 e. The summed E-state index contributed by atoms with van der Waals surface area (Å²) in [7, 11) is 0. The number of fused-ring (bicyclic) bond motifs is 1. The van der Waals surface area contributed by atoms with Gasteiger partial charge >= 0.3 is 0 Å². The Morgan fingerprint density at radius 1 is 0.400 bits per heavy atom. The first-order valence-electron chi connectivity index (χ1n) is 6.82. The zero-order valence-electron chi connectivity index (χ0n) is 13.7. The second-order valence-corrected chi connectivity index (χ2v) is 4.71. The van der Waals surface area contributed by atoms with E-state index in [1.807, 2.05) is 0 Å². The minimum atomic E-state index is 0.217. The highest BCUT2D eigenvalue weighted by Crippen LogP contribution is 2.59. The molecule has 0 saturated heterocycles. The van der Waals surface area contributed by atoms with Crippen LogP contribution in [0.5, 0.6) is 0 Å². The van der Waals surface area contributed by atoms with Crippen molar-refractivity contribution < 1.29 is 0 Å². The maximum absolute atomic E-state index is 6.18. The third-order valence-electron chi connectivity index (χ3n) is 3.71. The van der Waals surface area contributed by atoms with Crippen LogP contribution in [0, 0.1) is 0 Å². The molecule has 0 aliphatic heterocycles. The van der Waals surface area contributed by atoms with Crippen molar-refractivity contribution in [1.29, 1.82) is 0 Å². The van der Waals surface area contributed by atoms with E-state index < -0.39 is 0 Å². The van der Waals surface area contributed by atoms with Crippen molar-refractivity contribution in [1.82, 2.24) is 0 Å². The van der Waals surface area contributed by atoms with E-state index in [-0.39, 0.29) is 5.69 Å². The van der Waals surface area contributed by atoms with Crippen LogP contribution in [0.2, 0.25) is 0 Å². The van der Waals surface area contributed by atoms with Gasteiger partial charge in [0.1, 0.15) is 34.1 Å². The molecule has 0 fully saturated rings. The van der Waals surface area contributed by atoms with Crippen molar-refractivity contribution >= 4 is 103 Å². The topological polar surface area (TPSA) is 113 Å². The van der Waals surface area contributed by atoms with Gasteiger partial charge in [-0.1, -0.05) is 0 Å². The molecule has 2 aromatic carbocycles. The predicted octanol–water partition coefficient (Wildman–Crippen LogP) is 4.75. The second-order valence-electron chi connectivity index (χ2n) is 4.71. The number of nitrogens with two attached hydrogens (primary N) is 1. The first-order chi connectivity index (χ1) is 12.1. The number of rotatable bonds is 7. The van der Waals surface area contributed by atoms with Gasteiger partial charge in [0.05, 0.1) is 11.4 Å². The lowest BCUT2D eigenvalue weighted by Crippen LogP contribution is -1.91. The van der Waals surface area contributed by atoms with Crippen molar-refractivity contribution in [2.75, 3.05) is 5.73 Å². The molecule has 0 aliphatic carbocycles. The van der Waals surface area contributed by atoms with E-state index in [2.05, 4.69) is 82.0 Å². The second kappa shape index (κ2) is 6.75. The zero-order chi connectivity index (χ0) is 18.7. The van der Waals surface area contributed by atoms with Gasteiger partial charge in [0.25, 0.3) is 0 Å². The third kappa shape index (κ3) is 2.27. The molecule has 25 heavy (non-hydrogen) atoms. The summed E-state index contributed by atoms with van der Waals surface area (Å²) < 4.78 is 0. The molecule has 2 aromatic rings. The summed E-state index contributed by atoms with van der Waals surface area (Å²) in [5.74, 6) is 0. The van der Waals surface area contributed by atoms with E-state index in [1.54, 1.807) is 0 Å². The minimum Gasteiger partial charge on any atom is -0.395 e. The van der Waals surface area contributed by atoms with E-state index in [0.717, 1.165) is 0 Å². The molecule has 2 N–H and O–H groups in total. The standard InChI is InChI=1S/C17H16N8/c1-19-11-8-9(12(20-2)15(23-5)10(11)18)14(22-4)17(25-7)16(24-6)13(8)21-3/h1-7,18H2. The van der Waals surface area contributed by atoms with Gasteiger partial charge in [-0.05, 0) is 47.0 Å². The van der Waals surface area contributed by atoms with Gasteiger partial charge in [-0.3, -0.25) is 34.9 Å². The van der Waals surface area contributed by atoms with Crippen LogP contribution in [0.1, 0.15) is 0 Å². The lowest BCUT2D eigenvalue weighted by molar-refractivity contribution is 1.42. The Bertz CT molecular complexity index is 985. The molecule has 0 radical (unpaired) electrons. The quantitative estimate of drug-likeness (QED) is 0.572. The summed E-state index contributed by atoms with van der Waals surface area (Å²) in [5.41, 5.74) is 8.66. The van der Waals surface area contributed by atoms with Crippen LogP contribution >= 0.6 is 0 Å². The lowest BCUT2D eigenvalue weighted by Gasteiger charge is -2.18. The van der Waals surface area contributed by atoms with Crippen LogP contribution in [0.3, 0.4) is 0 Å². The Kier molecular flexibility index (Phi) is 4.74. The van der Waals surface area contributed by atoms with Crippen LogP contribution in [0.25, 0.3) is 10.8 Å². The summed E-state index contributed by atoms with van der Waals surface area (Å²) in [6.45, 7) is 25.0. The molecule has 0 spiro atoms. The SMILES string of the molecule is C=Nc1c(N=C)c(N=C)c2c(N=C)c(N=C)c(N)c(N=C)c2c1N=C. The fraction of sp³-hybridized carbons (Fsp3) is 0. The number of nitrogens with zero attached hydrogens (tertiary/aromatic N) is 7. The molecular formula is C17H16N8. The average molecular weight is 332 g/mol. The highest BCUT2D eigenvalue weighted by Gasteiger charge is 2.26. The molecule has 0 atom stereocenters. The molecule has 8 nitrogen and oxygen atoms in total. The number of hydrogen-bond acceptors (Lipinski definition) is 8.